The number of aromatic nitrogens is 1. The number of Topliss-reactive ketones (excluding diaryl/α,β-unsaturated/α-hetero) is 1. The number of hydrogen-bond acceptors (Lipinski definition) is 6. The number of ether oxygens (including phenoxy) is 2. The van der Waals surface area contributed by atoms with Crippen LogP contribution in [0.2, 0.25) is 0 Å². The maximum Gasteiger partial charge on any atom is 0.265 e. The van der Waals surface area contributed by atoms with Gasteiger partial charge in [-0.25, -0.2) is 9.37 Å². The molecule has 6 nitrogen and oxygen atoms in total. The molecule has 1 fully saturated rings. The van der Waals surface area contributed by atoms with E-state index < -0.39 is 0 Å². The van der Waals surface area contributed by atoms with E-state index in [0.29, 0.717) is 71.8 Å². The zero-order valence-corrected chi connectivity index (χ0v) is 19.0. The van der Waals surface area contributed by atoms with Gasteiger partial charge in [-0.05, 0) is 62.2 Å². The van der Waals surface area contributed by atoms with Crippen LogP contribution in [0.5, 0.6) is 11.5 Å². The van der Waals surface area contributed by atoms with Crippen LogP contribution in [0, 0.1) is 18.7 Å². The van der Waals surface area contributed by atoms with Crippen molar-refractivity contribution in [3.8, 4) is 22.1 Å². The van der Waals surface area contributed by atoms with E-state index in [9.17, 15) is 14.0 Å². The van der Waals surface area contributed by atoms with Crippen LogP contribution in [0.25, 0.3) is 10.6 Å². The normalized spacial score (nSPS) is 16.0. The molecule has 170 valence electrons. The SMILES string of the molecule is Cc1nc(-c2ccc(F)cc2)sc1C(=O)N1CCC(C(=O)c2ccc3c(c2)OCCO3)CC1. The van der Waals surface area contributed by atoms with Crippen molar-refractivity contribution >= 4 is 23.0 Å². The molecule has 1 saturated heterocycles. The molecular formula is C25H23FN2O4S. The first-order chi connectivity index (χ1) is 16.0. The molecule has 1 amide bonds. The van der Waals surface area contributed by atoms with Gasteiger partial charge in [0.2, 0.25) is 0 Å². The van der Waals surface area contributed by atoms with E-state index in [4.69, 9.17) is 9.47 Å². The molecule has 0 radical (unpaired) electrons. The fraction of sp³-hybridized carbons (Fsp3) is 0.320. The lowest BCUT2D eigenvalue weighted by Crippen LogP contribution is -2.40. The third-order valence-corrected chi connectivity index (χ3v) is 7.26. The van der Waals surface area contributed by atoms with Crippen LogP contribution < -0.4 is 9.47 Å². The Hall–Kier alpha value is -3.26. The number of hydrogen-bond donors (Lipinski definition) is 0. The van der Waals surface area contributed by atoms with E-state index >= 15 is 0 Å². The molecule has 8 heteroatoms. The van der Waals surface area contributed by atoms with Crippen LogP contribution in [0.3, 0.4) is 0 Å². The van der Waals surface area contributed by atoms with Crippen LogP contribution >= 0.6 is 11.3 Å². The van der Waals surface area contributed by atoms with E-state index in [2.05, 4.69) is 4.98 Å². The largest absolute Gasteiger partial charge is 0.486 e. The van der Waals surface area contributed by atoms with E-state index in [-0.39, 0.29) is 23.4 Å². The van der Waals surface area contributed by atoms with Gasteiger partial charge in [0.05, 0.1) is 5.69 Å². The number of benzene rings is 2. The molecular weight excluding hydrogens is 443 g/mol. The maximum absolute atomic E-state index is 13.2. The van der Waals surface area contributed by atoms with Gasteiger partial charge in [0, 0.05) is 30.1 Å². The molecule has 33 heavy (non-hydrogen) atoms. The molecule has 3 heterocycles. The van der Waals surface area contributed by atoms with Crippen molar-refractivity contribution in [2.75, 3.05) is 26.3 Å². The summed E-state index contributed by atoms with van der Waals surface area (Å²) in [6.45, 7) is 3.84. The number of carbonyl (C=O) groups excluding carboxylic acids is 2. The third kappa shape index (κ3) is 4.35. The fourth-order valence-electron chi connectivity index (χ4n) is 4.23. The molecule has 0 atom stereocenters. The molecule has 2 aliphatic rings. The summed E-state index contributed by atoms with van der Waals surface area (Å²) in [6, 6.07) is 11.4. The van der Waals surface area contributed by atoms with Crippen molar-refractivity contribution in [2.45, 2.75) is 19.8 Å². The van der Waals surface area contributed by atoms with Crippen molar-refractivity contribution in [2.24, 2.45) is 5.92 Å². The first kappa shape index (κ1) is 21.6. The third-order valence-electron chi connectivity index (χ3n) is 6.06. The molecule has 0 aliphatic carbocycles. The Morgan fingerprint density at radius 3 is 2.45 bits per heavy atom. The van der Waals surface area contributed by atoms with Gasteiger partial charge in [-0.3, -0.25) is 9.59 Å². The summed E-state index contributed by atoms with van der Waals surface area (Å²) < 4.78 is 24.3. The standard InChI is InChI=1S/C25H23FN2O4S/c1-15-23(33-24(27-15)17-2-5-19(26)6-3-17)25(30)28-10-8-16(9-11-28)22(29)18-4-7-20-21(14-18)32-13-12-31-20/h2-7,14,16H,8-13H2,1H3. The number of carbonyl (C=O) groups is 2. The molecule has 0 bridgehead atoms. The van der Waals surface area contributed by atoms with Gasteiger partial charge in [0.15, 0.2) is 17.3 Å². The van der Waals surface area contributed by atoms with Crippen LogP contribution in [0.4, 0.5) is 4.39 Å². The highest BCUT2D eigenvalue weighted by Crippen LogP contribution is 2.33. The molecule has 0 N–H and O–H groups in total. The first-order valence-electron chi connectivity index (χ1n) is 11.0. The van der Waals surface area contributed by atoms with Gasteiger partial charge in [0.25, 0.3) is 5.91 Å². The average Bonchev–Trinajstić information content (AvgIpc) is 3.24. The van der Waals surface area contributed by atoms with Crippen molar-refractivity contribution in [1.29, 1.82) is 0 Å². The first-order valence-corrected chi connectivity index (χ1v) is 11.8. The summed E-state index contributed by atoms with van der Waals surface area (Å²) in [5, 5.41) is 0.694. The highest BCUT2D eigenvalue weighted by atomic mass is 32.1. The van der Waals surface area contributed by atoms with Crippen molar-refractivity contribution < 1.29 is 23.5 Å². The van der Waals surface area contributed by atoms with Gasteiger partial charge >= 0.3 is 0 Å². The van der Waals surface area contributed by atoms with Crippen molar-refractivity contribution in [3.05, 3.63) is 64.4 Å². The van der Waals surface area contributed by atoms with Gasteiger partial charge in [-0.15, -0.1) is 11.3 Å². The van der Waals surface area contributed by atoms with Gasteiger partial charge < -0.3 is 14.4 Å². The monoisotopic (exact) mass is 466 g/mol. The van der Waals surface area contributed by atoms with Gasteiger partial charge in [0.1, 0.15) is 28.9 Å². The summed E-state index contributed by atoms with van der Waals surface area (Å²) in [5.41, 5.74) is 2.07. The van der Waals surface area contributed by atoms with Crippen LogP contribution in [-0.4, -0.2) is 47.9 Å². The number of aryl methyl sites for hydroxylation is 1. The smallest absolute Gasteiger partial charge is 0.265 e. The van der Waals surface area contributed by atoms with E-state index in [0.717, 1.165) is 5.56 Å². The van der Waals surface area contributed by atoms with E-state index in [1.807, 2.05) is 6.92 Å². The number of fused-ring (bicyclic) bond motifs is 1. The van der Waals surface area contributed by atoms with E-state index in [1.165, 1.54) is 23.5 Å². The highest BCUT2D eigenvalue weighted by Gasteiger charge is 2.30. The van der Waals surface area contributed by atoms with Crippen molar-refractivity contribution in [3.63, 3.8) is 0 Å². The predicted molar refractivity (Wildman–Crippen MR) is 123 cm³/mol. The molecule has 2 aliphatic heterocycles. The Balaban J connectivity index is 1.24. The predicted octanol–water partition coefficient (Wildman–Crippen LogP) is 4.76. The minimum absolute atomic E-state index is 0.0661. The van der Waals surface area contributed by atoms with Crippen LogP contribution in [-0.2, 0) is 0 Å². The number of thiazole rings is 1. The molecule has 0 unspecified atom stereocenters. The number of rotatable bonds is 4. The Bertz CT molecular complexity index is 1200. The summed E-state index contributed by atoms with van der Waals surface area (Å²) in [4.78, 5) is 33.1. The average molecular weight is 467 g/mol. The maximum atomic E-state index is 13.2. The number of amides is 1. The lowest BCUT2D eigenvalue weighted by Gasteiger charge is -2.31. The number of ketones is 1. The Kier molecular flexibility index (Phi) is 5.85. The lowest BCUT2D eigenvalue weighted by molar-refractivity contribution is 0.0653. The molecule has 0 spiro atoms. The zero-order chi connectivity index (χ0) is 22.9. The molecule has 3 aromatic rings. The second-order valence-corrected chi connectivity index (χ2v) is 9.23. The highest BCUT2D eigenvalue weighted by molar-refractivity contribution is 7.17. The number of nitrogens with zero attached hydrogens (tertiary/aromatic N) is 2. The minimum atomic E-state index is -0.308. The van der Waals surface area contributed by atoms with Crippen molar-refractivity contribution in [1.82, 2.24) is 9.88 Å². The van der Waals surface area contributed by atoms with Crippen LogP contribution in [0.1, 0.15) is 38.6 Å². The molecule has 0 saturated carbocycles. The summed E-state index contributed by atoms with van der Waals surface area (Å²) in [5.74, 6) is 0.844. The summed E-state index contributed by atoms with van der Waals surface area (Å²) >= 11 is 1.32. The Morgan fingerprint density at radius 1 is 1.03 bits per heavy atom. The summed E-state index contributed by atoms with van der Waals surface area (Å²) in [7, 11) is 0. The zero-order valence-electron chi connectivity index (χ0n) is 18.2. The number of piperidine rings is 1. The lowest BCUT2D eigenvalue weighted by atomic mass is 9.88. The minimum Gasteiger partial charge on any atom is -0.486 e. The Morgan fingerprint density at radius 2 is 1.73 bits per heavy atom. The number of halogens is 1. The van der Waals surface area contributed by atoms with Gasteiger partial charge in [-0.2, -0.15) is 0 Å². The number of likely N-dealkylation sites (tertiary alicyclic amines) is 1. The van der Waals surface area contributed by atoms with E-state index in [1.54, 1.807) is 35.2 Å². The van der Waals surface area contributed by atoms with Gasteiger partial charge in [-0.1, -0.05) is 0 Å². The molecule has 1 aromatic heterocycles. The second kappa shape index (κ2) is 8.94. The quantitative estimate of drug-likeness (QED) is 0.519. The molecule has 5 rings (SSSR count). The summed E-state index contributed by atoms with van der Waals surface area (Å²) in [6.07, 6.45) is 1.23. The topological polar surface area (TPSA) is 68.7 Å². The second-order valence-electron chi connectivity index (χ2n) is 8.23. The Labute approximate surface area is 195 Å². The molecule has 2 aromatic carbocycles. The van der Waals surface area contributed by atoms with Crippen LogP contribution in [0.15, 0.2) is 42.5 Å². The fourth-order valence-corrected chi connectivity index (χ4v) is 5.27.